The Balaban J connectivity index is 1.94. The third-order valence-electron chi connectivity index (χ3n) is 2.45. The summed E-state index contributed by atoms with van der Waals surface area (Å²) in [6, 6.07) is 7.69. The molecule has 0 saturated heterocycles. The van der Waals surface area contributed by atoms with Gasteiger partial charge in [0.25, 0.3) is 0 Å². The van der Waals surface area contributed by atoms with Gasteiger partial charge in [0.2, 0.25) is 0 Å². The monoisotopic (exact) mass is 308 g/mol. The maximum atomic E-state index is 11.8. The average Bonchev–Trinajstić information content (AvgIpc) is 2.79. The Hall–Kier alpha value is -1.53. The van der Waals surface area contributed by atoms with Gasteiger partial charge in [-0.25, -0.2) is 4.68 Å². The fourth-order valence-electron chi connectivity index (χ4n) is 1.58. The number of rotatable bonds is 5. The van der Waals surface area contributed by atoms with Crippen LogP contribution in [0.2, 0.25) is 0 Å². The predicted molar refractivity (Wildman–Crippen MR) is 70.8 cm³/mol. The van der Waals surface area contributed by atoms with Crippen LogP contribution in [0.1, 0.15) is 11.3 Å². The molecule has 18 heavy (non-hydrogen) atoms. The van der Waals surface area contributed by atoms with E-state index in [1.165, 1.54) is 4.68 Å². The minimum atomic E-state index is 0.0887. The van der Waals surface area contributed by atoms with E-state index in [0.29, 0.717) is 18.7 Å². The van der Waals surface area contributed by atoms with Crippen LogP contribution >= 0.6 is 15.9 Å². The molecule has 6 heteroatoms. The van der Waals surface area contributed by atoms with Crippen LogP contribution in [0.5, 0.6) is 0 Å². The first-order valence-corrected chi connectivity index (χ1v) is 6.32. The summed E-state index contributed by atoms with van der Waals surface area (Å²) in [7, 11) is 0. The molecule has 1 aromatic carbocycles. The smallest absolute Gasteiger partial charge is 0.158 e. The van der Waals surface area contributed by atoms with E-state index in [4.69, 9.17) is 5.73 Å². The van der Waals surface area contributed by atoms with E-state index in [-0.39, 0.29) is 12.3 Å². The standard InChI is InChI=1S/C12H13BrN4O/c13-10-3-1-9(2-4-10)5-12(18)8-17-7-11(6-14)15-16-17/h1-4,7H,5-6,8,14H2. The number of aromatic nitrogens is 3. The minimum absolute atomic E-state index is 0.0887. The third kappa shape index (κ3) is 3.48. The van der Waals surface area contributed by atoms with E-state index in [1.54, 1.807) is 6.20 Å². The van der Waals surface area contributed by atoms with Crippen LogP contribution in [0.15, 0.2) is 34.9 Å². The highest BCUT2D eigenvalue weighted by Crippen LogP contribution is 2.11. The molecule has 0 fully saturated rings. The summed E-state index contributed by atoms with van der Waals surface area (Å²) in [6.45, 7) is 0.559. The molecule has 0 atom stereocenters. The SMILES string of the molecule is NCc1cn(CC(=O)Cc2ccc(Br)cc2)nn1. The summed E-state index contributed by atoms with van der Waals surface area (Å²) in [4.78, 5) is 11.8. The number of benzene rings is 1. The molecule has 1 heterocycles. The zero-order chi connectivity index (χ0) is 13.0. The average molecular weight is 309 g/mol. The second kappa shape index (κ2) is 5.88. The lowest BCUT2D eigenvalue weighted by molar-refractivity contribution is -0.119. The first kappa shape index (κ1) is 12.9. The van der Waals surface area contributed by atoms with E-state index < -0.39 is 0 Å². The first-order valence-electron chi connectivity index (χ1n) is 5.52. The number of hydrogen-bond acceptors (Lipinski definition) is 4. The summed E-state index contributed by atoms with van der Waals surface area (Å²) < 4.78 is 2.52. The highest BCUT2D eigenvalue weighted by molar-refractivity contribution is 9.10. The molecule has 1 aromatic heterocycles. The second-order valence-electron chi connectivity index (χ2n) is 3.95. The summed E-state index contributed by atoms with van der Waals surface area (Å²) in [6.07, 6.45) is 2.09. The largest absolute Gasteiger partial charge is 0.325 e. The number of halogens is 1. The summed E-state index contributed by atoms with van der Waals surface area (Å²) in [5, 5.41) is 7.68. The van der Waals surface area contributed by atoms with Crippen LogP contribution < -0.4 is 5.73 Å². The maximum absolute atomic E-state index is 11.8. The van der Waals surface area contributed by atoms with E-state index in [9.17, 15) is 4.79 Å². The molecule has 2 aromatic rings. The van der Waals surface area contributed by atoms with Crippen molar-refractivity contribution in [3.63, 3.8) is 0 Å². The first-order chi connectivity index (χ1) is 8.67. The van der Waals surface area contributed by atoms with E-state index in [1.807, 2.05) is 24.3 Å². The van der Waals surface area contributed by atoms with Gasteiger partial charge in [0.1, 0.15) is 6.54 Å². The van der Waals surface area contributed by atoms with Gasteiger partial charge in [-0.3, -0.25) is 4.79 Å². The molecule has 2 rings (SSSR count). The number of nitrogens with zero attached hydrogens (tertiary/aromatic N) is 3. The summed E-state index contributed by atoms with van der Waals surface area (Å²) >= 11 is 3.36. The zero-order valence-electron chi connectivity index (χ0n) is 9.71. The highest BCUT2D eigenvalue weighted by atomic mass is 79.9. The Kier molecular flexibility index (Phi) is 4.22. The van der Waals surface area contributed by atoms with Crippen molar-refractivity contribution in [1.82, 2.24) is 15.0 Å². The van der Waals surface area contributed by atoms with Gasteiger partial charge in [-0.15, -0.1) is 5.10 Å². The van der Waals surface area contributed by atoms with E-state index in [0.717, 1.165) is 10.0 Å². The highest BCUT2D eigenvalue weighted by Gasteiger charge is 2.06. The van der Waals surface area contributed by atoms with E-state index in [2.05, 4.69) is 26.2 Å². The van der Waals surface area contributed by atoms with Crippen molar-refractivity contribution in [1.29, 1.82) is 0 Å². The number of ketones is 1. The lowest BCUT2D eigenvalue weighted by atomic mass is 10.1. The molecule has 0 spiro atoms. The topological polar surface area (TPSA) is 73.8 Å². The Bertz CT molecular complexity index is 535. The minimum Gasteiger partial charge on any atom is -0.325 e. The molecule has 0 radical (unpaired) electrons. The van der Waals surface area contributed by atoms with Gasteiger partial charge in [-0.2, -0.15) is 0 Å². The molecule has 5 nitrogen and oxygen atoms in total. The maximum Gasteiger partial charge on any atom is 0.158 e. The van der Waals surface area contributed by atoms with Gasteiger partial charge in [-0.05, 0) is 17.7 Å². The molecule has 0 aliphatic heterocycles. The normalized spacial score (nSPS) is 10.6. The fourth-order valence-corrected chi connectivity index (χ4v) is 1.84. The number of nitrogens with two attached hydrogens (primary N) is 1. The van der Waals surface area contributed by atoms with Gasteiger partial charge >= 0.3 is 0 Å². The number of hydrogen-bond donors (Lipinski definition) is 1. The van der Waals surface area contributed by atoms with Crippen molar-refractivity contribution < 1.29 is 4.79 Å². The molecule has 0 amide bonds. The van der Waals surface area contributed by atoms with Gasteiger partial charge in [0.15, 0.2) is 5.78 Å². The fraction of sp³-hybridized carbons (Fsp3) is 0.250. The summed E-state index contributed by atoms with van der Waals surface area (Å²) in [5.74, 6) is 0.0887. The van der Waals surface area contributed by atoms with Crippen LogP contribution in [-0.4, -0.2) is 20.8 Å². The molecule has 0 saturated carbocycles. The lowest BCUT2D eigenvalue weighted by Gasteiger charge is -2.01. The van der Waals surface area contributed by atoms with Gasteiger partial charge < -0.3 is 5.73 Å². The van der Waals surface area contributed by atoms with Crippen molar-refractivity contribution in [2.24, 2.45) is 5.73 Å². The van der Waals surface area contributed by atoms with Gasteiger partial charge in [0, 0.05) is 17.4 Å². The van der Waals surface area contributed by atoms with Gasteiger partial charge in [0.05, 0.1) is 11.9 Å². The van der Waals surface area contributed by atoms with Crippen LogP contribution in [0.4, 0.5) is 0 Å². The van der Waals surface area contributed by atoms with Crippen molar-refractivity contribution in [2.45, 2.75) is 19.5 Å². The Labute approximate surface area is 113 Å². The molecule has 0 aliphatic carbocycles. The van der Waals surface area contributed by atoms with Crippen LogP contribution in [-0.2, 0) is 24.3 Å². The molecule has 2 N–H and O–H groups in total. The van der Waals surface area contributed by atoms with Crippen LogP contribution in [0.25, 0.3) is 0 Å². The number of Topliss-reactive ketones (excluding diaryl/α,β-unsaturated/α-hetero) is 1. The molecule has 0 aliphatic rings. The van der Waals surface area contributed by atoms with Crippen molar-refractivity contribution in [3.05, 3.63) is 46.2 Å². The molecule has 0 bridgehead atoms. The predicted octanol–water partition coefficient (Wildman–Crippen LogP) is 1.31. The van der Waals surface area contributed by atoms with Crippen LogP contribution in [0, 0.1) is 0 Å². The Morgan fingerprint density at radius 1 is 1.33 bits per heavy atom. The van der Waals surface area contributed by atoms with Crippen LogP contribution in [0.3, 0.4) is 0 Å². The number of carbonyl (C=O) groups excluding carboxylic acids is 1. The molecular weight excluding hydrogens is 296 g/mol. The Morgan fingerprint density at radius 2 is 2.06 bits per heavy atom. The van der Waals surface area contributed by atoms with E-state index >= 15 is 0 Å². The van der Waals surface area contributed by atoms with Crippen molar-refractivity contribution >= 4 is 21.7 Å². The van der Waals surface area contributed by atoms with Crippen molar-refractivity contribution in [2.75, 3.05) is 0 Å². The lowest BCUT2D eigenvalue weighted by Crippen LogP contribution is -2.13. The third-order valence-corrected chi connectivity index (χ3v) is 2.98. The molecular formula is C12H13BrN4O. The van der Waals surface area contributed by atoms with Gasteiger partial charge in [-0.1, -0.05) is 33.3 Å². The summed E-state index contributed by atoms with van der Waals surface area (Å²) in [5.41, 5.74) is 7.10. The number of carbonyl (C=O) groups is 1. The van der Waals surface area contributed by atoms with Crippen molar-refractivity contribution in [3.8, 4) is 0 Å². The Morgan fingerprint density at radius 3 is 2.67 bits per heavy atom. The zero-order valence-corrected chi connectivity index (χ0v) is 11.3. The molecule has 94 valence electrons. The molecule has 0 unspecified atom stereocenters. The quantitative estimate of drug-likeness (QED) is 0.904. The second-order valence-corrected chi connectivity index (χ2v) is 4.87.